The van der Waals surface area contributed by atoms with E-state index in [2.05, 4.69) is 14.9 Å². The Kier molecular flexibility index (Phi) is 6.62. The van der Waals surface area contributed by atoms with Crippen LogP contribution < -0.4 is 5.32 Å². The van der Waals surface area contributed by atoms with E-state index in [-0.39, 0.29) is 24.7 Å². The van der Waals surface area contributed by atoms with Gasteiger partial charge in [-0.2, -0.15) is 0 Å². The molecule has 1 N–H and O–H groups in total. The summed E-state index contributed by atoms with van der Waals surface area (Å²) in [4.78, 5) is 32.7. The van der Waals surface area contributed by atoms with Crippen molar-refractivity contribution in [1.29, 1.82) is 0 Å². The number of imidazole rings is 1. The van der Waals surface area contributed by atoms with Crippen LogP contribution in [0, 0.1) is 11.6 Å². The number of aromatic nitrogens is 2. The smallest absolute Gasteiger partial charge is 0.317 e. The van der Waals surface area contributed by atoms with Crippen molar-refractivity contribution < 1.29 is 18.4 Å². The van der Waals surface area contributed by atoms with Crippen LogP contribution in [0.1, 0.15) is 21.5 Å². The zero-order valence-corrected chi connectivity index (χ0v) is 19.5. The van der Waals surface area contributed by atoms with Crippen LogP contribution in [-0.4, -0.2) is 57.5 Å². The number of rotatable bonds is 5. The number of amides is 3. The molecule has 1 aliphatic heterocycles. The molecule has 7 nitrogen and oxygen atoms in total. The Hall–Kier alpha value is -4.27. The van der Waals surface area contributed by atoms with Gasteiger partial charge in [0.1, 0.15) is 11.6 Å². The summed E-state index contributed by atoms with van der Waals surface area (Å²) >= 11 is 0. The molecule has 0 radical (unpaired) electrons. The van der Waals surface area contributed by atoms with E-state index in [1.165, 1.54) is 4.90 Å². The van der Waals surface area contributed by atoms with E-state index in [0.717, 1.165) is 34.3 Å². The molecule has 1 aromatic heterocycles. The van der Waals surface area contributed by atoms with Gasteiger partial charge < -0.3 is 19.7 Å². The topological polar surface area (TPSA) is 70.5 Å². The van der Waals surface area contributed by atoms with E-state index < -0.39 is 17.5 Å². The molecule has 1 fully saturated rings. The third kappa shape index (κ3) is 5.05. The van der Waals surface area contributed by atoms with Crippen molar-refractivity contribution in [3.8, 4) is 0 Å². The highest BCUT2D eigenvalue weighted by Crippen LogP contribution is 2.16. The minimum atomic E-state index is -0.885. The molecular formula is C27H25F2N5O2. The van der Waals surface area contributed by atoms with Crippen LogP contribution in [0.2, 0.25) is 0 Å². The number of halogens is 2. The normalized spacial score (nSPS) is 13.7. The lowest BCUT2D eigenvalue weighted by atomic mass is 10.1. The van der Waals surface area contributed by atoms with Crippen LogP contribution >= 0.6 is 0 Å². The number of carbonyl (C=O) groups is 2. The minimum absolute atomic E-state index is 0.168. The van der Waals surface area contributed by atoms with E-state index in [4.69, 9.17) is 0 Å². The molecular weight excluding hydrogens is 464 g/mol. The predicted octanol–water partition coefficient (Wildman–Crippen LogP) is 4.03. The summed E-state index contributed by atoms with van der Waals surface area (Å²) in [5.41, 5.74) is 3.98. The first-order valence-electron chi connectivity index (χ1n) is 11.7. The first kappa shape index (κ1) is 23.5. The number of benzene rings is 3. The highest BCUT2D eigenvalue weighted by atomic mass is 19.1. The number of nitrogens with one attached hydrogen (secondary N) is 1. The number of para-hydroxylation sites is 2. The van der Waals surface area contributed by atoms with Crippen molar-refractivity contribution in [3.63, 3.8) is 0 Å². The van der Waals surface area contributed by atoms with Gasteiger partial charge in [-0.1, -0.05) is 36.4 Å². The Balaban J connectivity index is 1.10. The van der Waals surface area contributed by atoms with Crippen LogP contribution in [0.5, 0.6) is 0 Å². The summed E-state index contributed by atoms with van der Waals surface area (Å²) in [5.74, 6) is -2.12. The van der Waals surface area contributed by atoms with E-state index in [1.807, 2.05) is 54.9 Å². The Morgan fingerprint density at radius 1 is 0.861 bits per heavy atom. The lowest BCUT2D eigenvalue weighted by Crippen LogP contribution is -2.53. The first-order valence-corrected chi connectivity index (χ1v) is 11.7. The Morgan fingerprint density at radius 3 is 2.31 bits per heavy atom. The van der Waals surface area contributed by atoms with E-state index in [1.54, 1.807) is 4.90 Å². The van der Waals surface area contributed by atoms with Crippen molar-refractivity contribution in [2.24, 2.45) is 0 Å². The summed E-state index contributed by atoms with van der Waals surface area (Å²) in [6, 6.07) is 18.7. The molecule has 0 spiro atoms. The van der Waals surface area contributed by atoms with Crippen LogP contribution in [0.4, 0.5) is 13.6 Å². The van der Waals surface area contributed by atoms with Crippen LogP contribution in [-0.2, 0) is 13.1 Å². The summed E-state index contributed by atoms with van der Waals surface area (Å²) in [6.45, 7) is 2.31. The van der Waals surface area contributed by atoms with Gasteiger partial charge in [0.25, 0.3) is 5.91 Å². The number of piperazine rings is 1. The summed E-state index contributed by atoms with van der Waals surface area (Å²) in [6.07, 6.45) is 1.84. The lowest BCUT2D eigenvalue weighted by molar-refractivity contribution is 0.0660. The average molecular weight is 490 g/mol. The molecule has 5 rings (SSSR count). The first-order chi connectivity index (χ1) is 17.5. The summed E-state index contributed by atoms with van der Waals surface area (Å²) < 4.78 is 29.2. The highest BCUT2D eigenvalue weighted by Gasteiger charge is 2.26. The fourth-order valence-corrected chi connectivity index (χ4v) is 4.33. The molecule has 1 aliphatic rings. The third-order valence-electron chi connectivity index (χ3n) is 6.36. The molecule has 4 aromatic rings. The molecule has 3 aromatic carbocycles. The molecule has 0 saturated carbocycles. The van der Waals surface area contributed by atoms with E-state index >= 15 is 0 Å². The predicted molar refractivity (Wildman–Crippen MR) is 131 cm³/mol. The van der Waals surface area contributed by atoms with Gasteiger partial charge in [-0.25, -0.2) is 18.6 Å². The standard InChI is InChI=1S/C27H25F2N5O2/c28-21-9-10-22(23(29)15-21)26(35)32-11-13-33(14-12-32)27(36)30-16-19-5-7-20(8-6-19)17-34-18-31-24-3-1-2-4-25(24)34/h1-10,15,18H,11-14,16-17H2,(H,30,36). The molecule has 184 valence electrons. The van der Waals surface area contributed by atoms with Crippen LogP contribution in [0.3, 0.4) is 0 Å². The zero-order chi connectivity index (χ0) is 25.1. The molecule has 2 heterocycles. The second-order valence-corrected chi connectivity index (χ2v) is 8.74. The second-order valence-electron chi connectivity index (χ2n) is 8.74. The zero-order valence-electron chi connectivity index (χ0n) is 19.5. The molecule has 0 aliphatic carbocycles. The van der Waals surface area contributed by atoms with Gasteiger partial charge in [0, 0.05) is 45.3 Å². The van der Waals surface area contributed by atoms with Gasteiger partial charge in [0.15, 0.2) is 0 Å². The summed E-state index contributed by atoms with van der Waals surface area (Å²) in [7, 11) is 0. The van der Waals surface area contributed by atoms with Gasteiger partial charge in [-0.15, -0.1) is 0 Å². The van der Waals surface area contributed by atoms with Gasteiger partial charge in [-0.3, -0.25) is 4.79 Å². The maximum atomic E-state index is 13.9. The Morgan fingerprint density at radius 2 is 1.56 bits per heavy atom. The molecule has 36 heavy (non-hydrogen) atoms. The Labute approximate surface area is 207 Å². The SMILES string of the molecule is O=C(NCc1ccc(Cn2cnc3ccccc32)cc1)N1CCN(C(=O)c2ccc(F)cc2F)CC1. The average Bonchev–Trinajstić information content (AvgIpc) is 3.30. The van der Waals surface area contributed by atoms with Crippen molar-refractivity contribution in [2.45, 2.75) is 13.1 Å². The number of nitrogens with zero attached hydrogens (tertiary/aromatic N) is 4. The minimum Gasteiger partial charge on any atom is -0.335 e. The monoisotopic (exact) mass is 489 g/mol. The quantitative estimate of drug-likeness (QED) is 0.460. The number of hydrogen-bond acceptors (Lipinski definition) is 3. The highest BCUT2D eigenvalue weighted by molar-refractivity contribution is 5.94. The fraction of sp³-hybridized carbons (Fsp3) is 0.222. The summed E-state index contributed by atoms with van der Waals surface area (Å²) in [5, 5.41) is 2.92. The van der Waals surface area contributed by atoms with Crippen molar-refractivity contribution in [1.82, 2.24) is 24.7 Å². The maximum absolute atomic E-state index is 13.9. The van der Waals surface area contributed by atoms with Gasteiger partial charge in [0.05, 0.1) is 22.9 Å². The lowest BCUT2D eigenvalue weighted by Gasteiger charge is -2.34. The number of fused-ring (bicyclic) bond motifs is 1. The number of hydrogen-bond donors (Lipinski definition) is 1. The second kappa shape index (κ2) is 10.2. The van der Waals surface area contributed by atoms with Crippen LogP contribution in [0.15, 0.2) is 73.1 Å². The molecule has 1 saturated heterocycles. The molecule has 3 amide bonds. The van der Waals surface area contributed by atoms with Crippen molar-refractivity contribution >= 4 is 23.0 Å². The largest absolute Gasteiger partial charge is 0.335 e. The third-order valence-corrected chi connectivity index (χ3v) is 6.36. The van der Waals surface area contributed by atoms with Crippen LogP contribution in [0.25, 0.3) is 11.0 Å². The maximum Gasteiger partial charge on any atom is 0.317 e. The molecule has 9 heteroatoms. The van der Waals surface area contributed by atoms with Gasteiger partial charge in [-0.05, 0) is 35.4 Å². The van der Waals surface area contributed by atoms with Gasteiger partial charge >= 0.3 is 6.03 Å². The van der Waals surface area contributed by atoms with Crippen molar-refractivity contribution in [3.05, 3.63) is 101 Å². The van der Waals surface area contributed by atoms with Gasteiger partial charge in [0.2, 0.25) is 0 Å². The number of carbonyl (C=O) groups excluding carboxylic acids is 2. The molecule has 0 atom stereocenters. The fourth-order valence-electron chi connectivity index (χ4n) is 4.33. The van der Waals surface area contributed by atoms with E-state index in [0.29, 0.717) is 32.2 Å². The molecule has 0 bridgehead atoms. The Bertz CT molecular complexity index is 1400. The van der Waals surface area contributed by atoms with E-state index in [9.17, 15) is 18.4 Å². The number of urea groups is 1. The molecule has 0 unspecified atom stereocenters. The van der Waals surface area contributed by atoms with Crippen molar-refractivity contribution in [2.75, 3.05) is 26.2 Å².